The Labute approximate surface area is 82.4 Å². The van der Waals surface area contributed by atoms with Crippen LogP contribution in [0, 0.1) is 0 Å². The average molecular weight is 228 g/mol. The van der Waals surface area contributed by atoms with E-state index in [4.69, 9.17) is 0 Å². The fraction of sp³-hybridized carbons (Fsp3) is 0.400. The Hall–Kier alpha value is -0.340. The lowest BCUT2D eigenvalue weighted by atomic mass is 10.1. The molecule has 1 heterocycles. The van der Waals surface area contributed by atoms with E-state index in [1.54, 1.807) is 0 Å². The molecule has 0 unspecified atom stereocenters. The monoisotopic (exact) mass is 227 g/mol. The fourth-order valence-corrected chi connectivity index (χ4v) is 1.77. The zero-order valence-corrected chi connectivity index (χ0v) is 8.78. The van der Waals surface area contributed by atoms with Crippen molar-refractivity contribution in [2.45, 2.75) is 12.8 Å². The molecule has 1 nitrogen and oxygen atoms in total. The molecule has 2 heteroatoms. The number of nitrogens with one attached hydrogen (secondary N) is 1. The van der Waals surface area contributed by atoms with Gasteiger partial charge < -0.3 is 5.32 Å². The number of halogens is 1. The van der Waals surface area contributed by atoms with Crippen LogP contribution in [0.1, 0.15) is 12.8 Å². The Kier molecular flexibility index (Phi) is 3.76. The molecule has 66 valence electrons. The molecule has 1 aliphatic heterocycles. The average Bonchev–Trinajstić information content (AvgIpc) is 2.27. The first kappa shape index (κ1) is 9.75. The van der Waals surface area contributed by atoms with Gasteiger partial charge in [0.05, 0.1) is 0 Å². The molecule has 0 aromatic heterocycles. The second-order valence-electron chi connectivity index (χ2n) is 2.89. The molecule has 1 N–H and O–H groups in total. The summed E-state index contributed by atoms with van der Waals surface area (Å²) in [5, 5.41) is 3.35. The lowest BCUT2D eigenvalue weighted by molar-refractivity contribution is 0.714. The molecular formula is C10H14BrN. The minimum atomic E-state index is 0.908. The number of rotatable bonds is 2. The van der Waals surface area contributed by atoms with Crippen molar-refractivity contribution in [2.24, 2.45) is 0 Å². The molecule has 0 amide bonds. The van der Waals surface area contributed by atoms with Crippen LogP contribution in [0.25, 0.3) is 0 Å². The van der Waals surface area contributed by atoms with Crippen LogP contribution >= 0.6 is 15.9 Å². The second-order valence-corrected chi connectivity index (χ2v) is 3.85. The normalized spacial score (nSPS) is 18.8. The van der Waals surface area contributed by atoms with Gasteiger partial charge in [-0.15, -0.1) is 0 Å². The van der Waals surface area contributed by atoms with Gasteiger partial charge in [0, 0.05) is 11.0 Å². The predicted molar refractivity (Wildman–Crippen MR) is 57.4 cm³/mol. The second kappa shape index (κ2) is 4.63. The Balaban J connectivity index is 2.89. The summed E-state index contributed by atoms with van der Waals surface area (Å²) >= 11 is 3.41. The molecule has 0 aromatic carbocycles. The van der Waals surface area contributed by atoms with E-state index in [1.165, 1.54) is 17.6 Å². The van der Waals surface area contributed by atoms with Crippen molar-refractivity contribution in [1.82, 2.24) is 5.32 Å². The molecule has 0 bridgehead atoms. The van der Waals surface area contributed by atoms with Crippen LogP contribution in [0.5, 0.6) is 0 Å². The molecule has 1 rings (SSSR count). The first-order valence-electron chi connectivity index (χ1n) is 4.15. The van der Waals surface area contributed by atoms with Gasteiger partial charge in [0.2, 0.25) is 0 Å². The topological polar surface area (TPSA) is 12.0 Å². The highest BCUT2D eigenvalue weighted by Gasteiger charge is 2.09. The van der Waals surface area contributed by atoms with Crippen LogP contribution < -0.4 is 5.32 Å². The minimum Gasteiger partial charge on any atom is -0.313 e. The maximum atomic E-state index is 3.89. The number of hydrogen-bond donors (Lipinski definition) is 1. The highest BCUT2D eigenvalue weighted by Crippen LogP contribution is 2.23. The van der Waals surface area contributed by atoms with Crippen molar-refractivity contribution in [2.75, 3.05) is 13.1 Å². The number of hydrogen-bond acceptors (Lipinski definition) is 1. The predicted octanol–water partition coefficient (Wildman–Crippen LogP) is 2.76. The van der Waals surface area contributed by atoms with Gasteiger partial charge in [-0.3, -0.25) is 0 Å². The Morgan fingerprint density at radius 1 is 1.58 bits per heavy atom. The Morgan fingerprint density at radius 3 is 2.92 bits per heavy atom. The molecule has 0 aliphatic carbocycles. The smallest absolute Gasteiger partial charge is 0.0219 e. The van der Waals surface area contributed by atoms with E-state index >= 15 is 0 Å². The van der Waals surface area contributed by atoms with Gasteiger partial charge in [0.1, 0.15) is 0 Å². The Bertz CT molecular complexity index is 228. The van der Waals surface area contributed by atoms with Crippen LogP contribution in [-0.4, -0.2) is 13.1 Å². The van der Waals surface area contributed by atoms with E-state index in [1.807, 2.05) is 6.08 Å². The van der Waals surface area contributed by atoms with Gasteiger partial charge in [-0.05, 0) is 30.5 Å². The lowest BCUT2D eigenvalue weighted by Crippen LogP contribution is -2.16. The van der Waals surface area contributed by atoms with Gasteiger partial charge in [-0.1, -0.05) is 35.2 Å². The van der Waals surface area contributed by atoms with E-state index in [9.17, 15) is 0 Å². The third-order valence-corrected chi connectivity index (χ3v) is 2.54. The molecule has 0 aromatic rings. The summed E-state index contributed by atoms with van der Waals surface area (Å²) < 4.78 is 0.979. The van der Waals surface area contributed by atoms with Gasteiger partial charge >= 0.3 is 0 Å². The molecule has 0 spiro atoms. The van der Waals surface area contributed by atoms with Gasteiger partial charge in [-0.25, -0.2) is 0 Å². The quantitative estimate of drug-likeness (QED) is 0.766. The van der Waals surface area contributed by atoms with Crippen molar-refractivity contribution in [3.8, 4) is 0 Å². The van der Waals surface area contributed by atoms with E-state index in [-0.39, 0.29) is 0 Å². The first-order chi connectivity index (χ1) is 5.75. The van der Waals surface area contributed by atoms with E-state index in [0.29, 0.717) is 0 Å². The maximum Gasteiger partial charge on any atom is 0.0219 e. The van der Waals surface area contributed by atoms with Gasteiger partial charge in [-0.2, -0.15) is 0 Å². The summed E-state index contributed by atoms with van der Waals surface area (Å²) in [6.07, 6.45) is 4.23. The Morgan fingerprint density at radius 2 is 2.33 bits per heavy atom. The molecule has 0 fully saturated rings. The summed E-state index contributed by atoms with van der Waals surface area (Å²) in [6.45, 7) is 9.69. The van der Waals surface area contributed by atoms with Crippen LogP contribution in [0.15, 0.2) is 34.9 Å². The van der Waals surface area contributed by atoms with Crippen molar-refractivity contribution in [3.05, 3.63) is 34.9 Å². The fourth-order valence-electron chi connectivity index (χ4n) is 1.38. The van der Waals surface area contributed by atoms with Crippen molar-refractivity contribution in [3.63, 3.8) is 0 Å². The van der Waals surface area contributed by atoms with E-state index in [0.717, 1.165) is 24.0 Å². The summed E-state index contributed by atoms with van der Waals surface area (Å²) in [5.74, 6) is 0. The molecule has 0 radical (unpaired) electrons. The van der Waals surface area contributed by atoms with Crippen molar-refractivity contribution in [1.29, 1.82) is 0 Å². The molecule has 0 saturated heterocycles. The van der Waals surface area contributed by atoms with Crippen molar-refractivity contribution < 1.29 is 0 Å². The summed E-state index contributed by atoms with van der Waals surface area (Å²) in [4.78, 5) is 0. The largest absolute Gasteiger partial charge is 0.313 e. The molecule has 12 heavy (non-hydrogen) atoms. The summed E-state index contributed by atoms with van der Waals surface area (Å²) in [6, 6.07) is 0. The summed E-state index contributed by atoms with van der Waals surface area (Å²) in [7, 11) is 0. The van der Waals surface area contributed by atoms with Crippen LogP contribution in [-0.2, 0) is 0 Å². The highest BCUT2D eigenvalue weighted by molar-refractivity contribution is 9.11. The zero-order chi connectivity index (χ0) is 8.97. The SMILES string of the molecule is C=CC1=C(C(=C)Br)CNCCC1. The van der Waals surface area contributed by atoms with Gasteiger partial charge in [0.25, 0.3) is 0 Å². The third kappa shape index (κ3) is 2.32. The molecule has 0 saturated carbocycles. The van der Waals surface area contributed by atoms with Crippen LogP contribution in [0.2, 0.25) is 0 Å². The standard InChI is InChI=1S/C10H14BrN/c1-3-9-5-4-6-12-7-10(9)8(2)11/h3,12H,1-2,4-7H2. The maximum absolute atomic E-state index is 3.89. The number of allylic oxidation sites excluding steroid dienone is 2. The summed E-state index contributed by atoms with van der Waals surface area (Å²) in [5.41, 5.74) is 2.59. The minimum absolute atomic E-state index is 0.908. The highest BCUT2D eigenvalue weighted by atomic mass is 79.9. The first-order valence-corrected chi connectivity index (χ1v) is 4.95. The van der Waals surface area contributed by atoms with Crippen molar-refractivity contribution >= 4 is 15.9 Å². The molecule has 1 aliphatic rings. The zero-order valence-electron chi connectivity index (χ0n) is 7.20. The van der Waals surface area contributed by atoms with E-state index in [2.05, 4.69) is 34.4 Å². The third-order valence-electron chi connectivity index (χ3n) is 2.06. The van der Waals surface area contributed by atoms with Crippen LogP contribution in [0.3, 0.4) is 0 Å². The van der Waals surface area contributed by atoms with Crippen LogP contribution in [0.4, 0.5) is 0 Å². The van der Waals surface area contributed by atoms with E-state index < -0.39 is 0 Å². The van der Waals surface area contributed by atoms with Gasteiger partial charge in [0.15, 0.2) is 0 Å². The molecule has 0 atom stereocenters. The lowest BCUT2D eigenvalue weighted by Gasteiger charge is -2.07. The molecular weight excluding hydrogens is 214 g/mol.